The minimum Gasteiger partial charge on any atom is -0.462 e. The molecule has 17 nitrogen and oxygen atoms in total. The fourth-order valence-electron chi connectivity index (χ4n) is 10.9. The van der Waals surface area contributed by atoms with Crippen molar-refractivity contribution in [1.29, 1.82) is 0 Å². The largest absolute Gasteiger partial charge is 0.472 e. The summed E-state index contributed by atoms with van der Waals surface area (Å²) < 4.78 is 68.3. The summed E-state index contributed by atoms with van der Waals surface area (Å²) in [6.07, 6.45) is 50.1. The van der Waals surface area contributed by atoms with Gasteiger partial charge in [-0.15, -0.1) is 0 Å². The molecule has 0 aromatic heterocycles. The van der Waals surface area contributed by atoms with Gasteiger partial charge in [0.05, 0.1) is 26.4 Å². The second-order valence-electron chi connectivity index (χ2n) is 26.5. The highest BCUT2D eigenvalue weighted by Crippen LogP contribution is 2.45. The van der Waals surface area contributed by atoms with Crippen LogP contribution in [0.15, 0.2) is 0 Å². The molecule has 0 amide bonds. The number of esters is 4. The Hall–Kier alpha value is -1.94. The number of hydrogen-bond donors (Lipinski definition) is 3. The van der Waals surface area contributed by atoms with Crippen molar-refractivity contribution in [2.45, 2.75) is 387 Å². The lowest BCUT2D eigenvalue weighted by atomic mass is 10.00. The second kappa shape index (κ2) is 64.1. The van der Waals surface area contributed by atoms with Gasteiger partial charge in [0.25, 0.3) is 0 Å². The van der Waals surface area contributed by atoms with Crippen LogP contribution in [0.4, 0.5) is 0 Å². The Morgan fingerprint density at radius 1 is 0.308 bits per heavy atom. The third kappa shape index (κ3) is 63.9. The summed E-state index contributed by atoms with van der Waals surface area (Å²) in [5, 5.41) is 10.6. The van der Waals surface area contributed by atoms with Crippen molar-refractivity contribution in [2.75, 3.05) is 39.6 Å². The van der Waals surface area contributed by atoms with Gasteiger partial charge < -0.3 is 33.8 Å². The molecule has 7 atom stereocenters. The van der Waals surface area contributed by atoms with Crippen LogP contribution in [-0.4, -0.2) is 96.7 Å². The van der Waals surface area contributed by atoms with Gasteiger partial charge in [0, 0.05) is 25.7 Å². The molecule has 0 radical (unpaired) electrons. The van der Waals surface area contributed by atoms with Crippen molar-refractivity contribution < 1.29 is 80.2 Å². The SMILES string of the molecule is CCCCCCCCCCCCCCCCCCCCCC(=O)O[C@H](COC(=O)CCCCCCCCCCCCCC)COP(=O)(O)OC[C@@H](O)COP(=O)(O)OC[C@@H](COC(=O)CCCCCCCCC(C)CC)OC(=O)CCCCCCCCC(C)CC. The molecule has 0 rings (SSSR count). The van der Waals surface area contributed by atoms with Crippen LogP contribution in [-0.2, 0) is 65.4 Å². The number of aliphatic hydroxyl groups excluding tert-OH is 1. The van der Waals surface area contributed by atoms with E-state index >= 15 is 0 Å². The molecule has 4 unspecified atom stereocenters. The summed E-state index contributed by atoms with van der Waals surface area (Å²) in [7, 11) is -9.90. The number of unbranched alkanes of at least 4 members (excludes halogenated alkanes) is 39. The molecule has 0 fully saturated rings. The third-order valence-corrected chi connectivity index (χ3v) is 19.3. The van der Waals surface area contributed by atoms with Gasteiger partial charge in [-0.3, -0.25) is 37.3 Å². The van der Waals surface area contributed by atoms with Gasteiger partial charge in [-0.05, 0) is 37.5 Å². The van der Waals surface area contributed by atoms with Crippen molar-refractivity contribution in [3.05, 3.63) is 0 Å². The minimum absolute atomic E-state index is 0.102. The van der Waals surface area contributed by atoms with Crippen LogP contribution < -0.4 is 0 Å². The van der Waals surface area contributed by atoms with E-state index in [1.54, 1.807) is 0 Å². The number of carbonyl (C=O) groups is 4. The van der Waals surface area contributed by atoms with Crippen LogP contribution in [0.5, 0.6) is 0 Å². The summed E-state index contributed by atoms with van der Waals surface area (Å²) in [5.41, 5.74) is 0. The van der Waals surface area contributed by atoms with Gasteiger partial charge in [0.1, 0.15) is 19.3 Å². The Morgan fingerprint density at radius 3 is 0.780 bits per heavy atom. The molecule has 19 heteroatoms. The van der Waals surface area contributed by atoms with E-state index in [9.17, 15) is 43.2 Å². The van der Waals surface area contributed by atoms with Crippen molar-refractivity contribution in [2.24, 2.45) is 11.8 Å². The first-order chi connectivity index (χ1) is 43.9. The van der Waals surface area contributed by atoms with E-state index in [0.717, 1.165) is 108 Å². The molecule has 0 heterocycles. The standard InChI is InChI=1S/C72H140O17P2/c1-7-11-13-15-17-19-21-23-24-25-26-27-28-29-31-33-35-44-50-56-71(76)88-67(60-82-69(74)54-48-42-34-32-30-22-20-18-16-14-12-8-2)62-86-90(78,79)84-58-66(73)59-85-91(80,81)87-63-68(89-72(77)57-51-45-39-37-41-47-53-65(6)10-4)61-83-70(75)55-49-43-38-36-40-46-52-64(5)9-3/h64-68,73H,7-63H2,1-6H3,(H,78,79)(H,80,81)/t64?,65?,66-,67-,68-/m1/s1. The molecular weight excluding hydrogens is 1200 g/mol. The number of hydrogen-bond acceptors (Lipinski definition) is 15. The number of phosphoric acid groups is 2. The quantitative estimate of drug-likeness (QED) is 0.0222. The molecule has 0 aromatic carbocycles. The van der Waals surface area contributed by atoms with Crippen LogP contribution >= 0.6 is 15.6 Å². The highest BCUT2D eigenvalue weighted by atomic mass is 31.2. The first-order valence-corrected chi connectivity index (χ1v) is 40.6. The lowest BCUT2D eigenvalue weighted by molar-refractivity contribution is -0.161. The first kappa shape index (κ1) is 89.1. The molecule has 91 heavy (non-hydrogen) atoms. The number of rotatable bonds is 71. The van der Waals surface area contributed by atoms with Crippen molar-refractivity contribution in [3.63, 3.8) is 0 Å². The van der Waals surface area contributed by atoms with E-state index in [1.165, 1.54) is 180 Å². The van der Waals surface area contributed by atoms with Crippen LogP contribution in [0.1, 0.15) is 369 Å². The molecule has 540 valence electrons. The van der Waals surface area contributed by atoms with Crippen molar-refractivity contribution in [1.82, 2.24) is 0 Å². The summed E-state index contributed by atoms with van der Waals surface area (Å²) in [5.74, 6) is -0.674. The molecule has 0 spiro atoms. The Labute approximate surface area is 556 Å². The molecular formula is C72H140O17P2. The molecule has 0 aliphatic carbocycles. The lowest BCUT2D eigenvalue weighted by Crippen LogP contribution is -2.30. The predicted molar refractivity (Wildman–Crippen MR) is 368 cm³/mol. The third-order valence-electron chi connectivity index (χ3n) is 17.4. The Bertz CT molecular complexity index is 1770. The van der Waals surface area contributed by atoms with Gasteiger partial charge in [-0.2, -0.15) is 0 Å². The van der Waals surface area contributed by atoms with Gasteiger partial charge in [-0.1, -0.05) is 318 Å². The number of carbonyl (C=O) groups excluding carboxylic acids is 4. The van der Waals surface area contributed by atoms with Crippen LogP contribution in [0.25, 0.3) is 0 Å². The fraction of sp³-hybridized carbons (Fsp3) is 0.944. The molecule has 0 aromatic rings. The van der Waals surface area contributed by atoms with Gasteiger partial charge >= 0.3 is 39.5 Å². The lowest BCUT2D eigenvalue weighted by Gasteiger charge is -2.21. The molecule has 0 saturated heterocycles. The van der Waals surface area contributed by atoms with E-state index in [2.05, 4.69) is 41.5 Å². The van der Waals surface area contributed by atoms with E-state index in [0.29, 0.717) is 25.7 Å². The number of phosphoric ester groups is 2. The summed E-state index contributed by atoms with van der Waals surface area (Å²) in [4.78, 5) is 72.6. The number of aliphatic hydroxyl groups is 1. The second-order valence-corrected chi connectivity index (χ2v) is 29.4. The zero-order valence-corrected chi connectivity index (χ0v) is 60.9. The smallest absolute Gasteiger partial charge is 0.462 e. The molecule has 0 bridgehead atoms. The summed E-state index contributed by atoms with van der Waals surface area (Å²) in [6, 6.07) is 0. The Morgan fingerprint density at radius 2 is 0.527 bits per heavy atom. The van der Waals surface area contributed by atoms with E-state index in [-0.39, 0.29) is 25.7 Å². The maximum atomic E-state index is 13.0. The molecule has 0 aliphatic rings. The maximum absolute atomic E-state index is 13.0. The molecule has 3 N–H and O–H groups in total. The minimum atomic E-state index is -4.95. The molecule has 0 aliphatic heterocycles. The monoisotopic (exact) mass is 1340 g/mol. The first-order valence-electron chi connectivity index (χ1n) is 37.6. The van der Waals surface area contributed by atoms with Gasteiger partial charge in [0.2, 0.25) is 0 Å². The number of ether oxygens (including phenoxy) is 4. The van der Waals surface area contributed by atoms with Crippen LogP contribution in [0.3, 0.4) is 0 Å². The normalized spacial score (nSPS) is 14.7. The predicted octanol–water partition coefficient (Wildman–Crippen LogP) is 20.8. The molecule has 0 saturated carbocycles. The average Bonchev–Trinajstić information content (AvgIpc) is 2.76. The summed E-state index contributed by atoms with van der Waals surface area (Å²) in [6.45, 7) is 9.47. The van der Waals surface area contributed by atoms with Crippen LogP contribution in [0, 0.1) is 11.8 Å². The maximum Gasteiger partial charge on any atom is 0.472 e. The highest BCUT2D eigenvalue weighted by Gasteiger charge is 2.30. The van der Waals surface area contributed by atoms with Gasteiger partial charge in [-0.25, -0.2) is 9.13 Å². The zero-order chi connectivity index (χ0) is 67.2. The highest BCUT2D eigenvalue weighted by molar-refractivity contribution is 7.47. The Kier molecular flexibility index (Phi) is 62.7. The average molecular weight is 1340 g/mol. The van der Waals surface area contributed by atoms with Gasteiger partial charge in [0.15, 0.2) is 12.2 Å². The Balaban J connectivity index is 5.21. The van der Waals surface area contributed by atoms with Crippen LogP contribution in [0.2, 0.25) is 0 Å². The van der Waals surface area contributed by atoms with E-state index < -0.39 is 97.5 Å². The van der Waals surface area contributed by atoms with Crippen molar-refractivity contribution >= 4 is 39.5 Å². The summed E-state index contributed by atoms with van der Waals surface area (Å²) >= 11 is 0. The van der Waals surface area contributed by atoms with E-state index in [4.69, 9.17) is 37.0 Å². The van der Waals surface area contributed by atoms with Crippen molar-refractivity contribution in [3.8, 4) is 0 Å². The zero-order valence-electron chi connectivity index (χ0n) is 59.1. The topological polar surface area (TPSA) is 237 Å². The fourth-order valence-corrected chi connectivity index (χ4v) is 12.5. The van der Waals surface area contributed by atoms with E-state index in [1.807, 2.05) is 0 Å².